The first-order valence-corrected chi connectivity index (χ1v) is 11.3. The summed E-state index contributed by atoms with van der Waals surface area (Å²) in [6.07, 6.45) is 0. The van der Waals surface area contributed by atoms with Gasteiger partial charge < -0.3 is 9.67 Å². The molecular formula is C31H30N2O. The van der Waals surface area contributed by atoms with Crippen LogP contribution in [0.4, 0.5) is 0 Å². The van der Waals surface area contributed by atoms with Crippen LogP contribution < -0.4 is 0 Å². The van der Waals surface area contributed by atoms with Crippen molar-refractivity contribution in [1.29, 1.82) is 0 Å². The van der Waals surface area contributed by atoms with Gasteiger partial charge in [-0.2, -0.15) is 0 Å². The summed E-state index contributed by atoms with van der Waals surface area (Å²) in [4.78, 5) is 5.24. The topological polar surface area (TPSA) is 38.0 Å². The number of rotatable bonds is 6. The summed E-state index contributed by atoms with van der Waals surface area (Å²) in [5.74, 6) is 0.945. The first kappa shape index (κ1) is 23.2. The van der Waals surface area contributed by atoms with Crippen LogP contribution in [0, 0.1) is 0 Å². The molecule has 0 atom stereocenters. The van der Waals surface area contributed by atoms with E-state index in [2.05, 4.69) is 90.4 Å². The summed E-state index contributed by atoms with van der Waals surface area (Å²) in [5, 5.41) is 9.65. The molecule has 0 amide bonds. The quantitative estimate of drug-likeness (QED) is 0.290. The Kier molecular flexibility index (Phi) is 7.05. The van der Waals surface area contributed by atoms with Gasteiger partial charge >= 0.3 is 0 Å². The Hall–Kier alpha value is -3.95. The van der Waals surface area contributed by atoms with E-state index in [-0.39, 0.29) is 14.0 Å². The highest BCUT2D eigenvalue weighted by Crippen LogP contribution is 2.39. The van der Waals surface area contributed by atoms with Crippen molar-refractivity contribution < 1.29 is 5.11 Å². The Morgan fingerprint density at radius 3 is 1.91 bits per heavy atom. The zero-order chi connectivity index (χ0) is 22.6. The fourth-order valence-corrected chi connectivity index (χ4v) is 4.42. The van der Waals surface area contributed by atoms with Gasteiger partial charge in [0.1, 0.15) is 5.82 Å². The highest BCUT2D eigenvalue weighted by atomic mass is 16.3. The second-order valence-corrected chi connectivity index (χ2v) is 8.01. The van der Waals surface area contributed by atoms with Gasteiger partial charge in [-0.25, -0.2) is 4.98 Å². The normalized spacial score (nSPS) is 10.6. The van der Waals surface area contributed by atoms with E-state index >= 15 is 0 Å². The maximum Gasteiger partial charge on any atom is 0.141 e. The van der Waals surface area contributed by atoms with Gasteiger partial charge in [-0.15, -0.1) is 0 Å². The number of hydrogen-bond acceptors (Lipinski definition) is 2. The van der Waals surface area contributed by atoms with E-state index in [1.54, 1.807) is 0 Å². The van der Waals surface area contributed by atoms with Crippen molar-refractivity contribution in [2.75, 3.05) is 0 Å². The molecule has 3 heteroatoms. The van der Waals surface area contributed by atoms with Gasteiger partial charge in [0, 0.05) is 23.2 Å². The lowest BCUT2D eigenvalue weighted by Gasteiger charge is -2.14. The van der Waals surface area contributed by atoms with Crippen LogP contribution >= 0.6 is 0 Å². The van der Waals surface area contributed by atoms with E-state index in [1.807, 2.05) is 30.3 Å². The second kappa shape index (κ2) is 10.3. The van der Waals surface area contributed by atoms with Crippen LogP contribution in [0.25, 0.3) is 45.0 Å². The maximum absolute atomic E-state index is 9.65. The smallest absolute Gasteiger partial charge is 0.141 e. The van der Waals surface area contributed by atoms with E-state index in [4.69, 9.17) is 4.98 Å². The lowest BCUT2D eigenvalue weighted by Crippen LogP contribution is -2.01. The second-order valence-electron chi connectivity index (χ2n) is 8.01. The summed E-state index contributed by atoms with van der Waals surface area (Å²) in [6.45, 7) is 2.99. The van der Waals surface area contributed by atoms with Crippen molar-refractivity contribution >= 4 is 0 Å². The number of nitrogens with zero attached hydrogens (tertiary/aromatic N) is 2. The van der Waals surface area contributed by atoms with E-state index in [1.165, 1.54) is 0 Å². The number of benzene rings is 4. The third-order valence-electron chi connectivity index (χ3n) is 5.97. The lowest BCUT2D eigenvalue weighted by atomic mass is 9.97. The van der Waals surface area contributed by atoms with Crippen molar-refractivity contribution in [3.8, 4) is 45.0 Å². The molecule has 5 rings (SSSR count). The number of aliphatic hydroxyl groups is 1. The zero-order valence-electron chi connectivity index (χ0n) is 18.6. The maximum atomic E-state index is 9.65. The molecule has 170 valence electrons. The SMILES string of the molecule is C.CCn1c(-c2ccccc2-c2cccc(CO)c2)nc(-c2ccccc2)c1-c1ccccc1. The van der Waals surface area contributed by atoms with Crippen LogP contribution in [-0.4, -0.2) is 14.7 Å². The molecule has 34 heavy (non-hydrogen) atoms. The molecule has 0 bridgehead atoms. The molecule has 0 aliphatic carbocycles. The minimum Gasteiger partial charge on any atom is -0.392 e. The van der Waals surface area contributed by atoms with Crippen molar-refractivity contribution in [3.63, 3.8) is 0 Å². The fourth-order valence-electron chi connectivity index (χ4n) is 4.42. The summed E-state index contributed by atoms with van der Waals surface area (Å²) in [7, 11) is 0. The Balaban J connectivity index is 0.00000274. The fraction of sp³-hybridized carbons (Fsp3) is 0.129. The summed E-state index contributed by atoms with van der Waals surface area (Å²) in [6, 6.07) is 37.3. The first-order chi connectivity index (χ1) is 16.3. The molecule has 0 radical (unpaired) electrons. The standard InChI is InChI=1S/C30H26N2O.CH4/c1-2-32-29(24-15-7-4-8-16-24)28(23-13-5-3-6-14-23)31-30(32)27-19-10-9-18-26(27)25-17-11-12-22(20-25)21-33;/h3-20,33H,2,21H2,1H3;1H4. The van der Waals surface area contributed by atoms with Gasteiger partial charge in [0.2, 0.25) is 0 Å². The van der Waals surface area contributed by atoms with Gasteiger partial charge in [0.25, 0.3) is 0 Å². The Labute approximate surface area is 202 Å². The third-order valence-corrected chi connectivity index (χ3v) is 5.97. The van der Waals surface area contributed by atoms with Crippen LogP contribution in [0.15, 0.2) is 109 Å². The largest absolute Gasteiger partial charge is 0.392 e. The highest BCUT2D eigenvalue weighted by Gasteiger charge is 2.22. The highest BCUT2D eigenvalue weighted by molar-refractivity contribution is 5.87. The van der Waals surface area contributed by atoms with Crippen molar-refractivity contribution in [3.05, 3.63) is 115 Å². The lowest BCUT2D eigenvalue weighted by molar-refractivity contribution is 0.282. The van der Waals surface area contributed by atoms with Crippen molar-refractivity contribution in [2.24, 2.45) is 0 Å². The van der Waals surface area contributed by atoms with Gasteiger partial charge in [-0.05, 0) is 29.7 Å². The molecule has 0 aliphatic heterocycles. The number of aliphatic hydroxyl groups excluding tert-OH is 1. The predicted molar refractivity (Wildman–Crippen MR) is 142 cm³/mol. The average molecular weight is 447 g/mol. The molecule has 1 heterocycles. The minimum atomic E-state index is 0. The Morgan fingerprint density at radius 2 is 1.26 bits per heavy atom. The number of aromatic nitrogens is 2. The van der Waals surface area contributed by atoms with E-state index in [9.17, 15) is 5.11 Å². The summed E-state index contributed by atoms with van der Waals surface area (Å²) < 4.78 is 2.31. The van der Waals surface area contributed by atoms with Gasteiger partial charge in [-0.3, -0.25) is 0 Å². The molecule has 1 aromatic heterocycles. The van der Waals surface area contributed by atoms with Crippen molar-refractivity contribution in [1.82, 2.24) is 9.55 Å². The molecule has 4 aromatic carbocycles. The van der Waals surface area contributed by atoms with Gasteiger partial charge in [0.15, 0.2) is 0 Å². The first-order valence-electron chi connectivity index (χ1n) is 11.3. The molecule has 0 saturated heterocycles. The Morgan fingerprint density at radius 1 is 0.676 bits per heavy atom. The molecule has 0 spiro atoms. The number of imidazole rings is 1. The third kappa shape index (κ3) is 4.30. The molecule has 5 aromatic rings. The Bertz CT molecular complexity index is 1370. The number of hydrogen-bond donors (Lipinski definition) is 1. The van der Waals surface area contributed by atoms with Gasteiger partial charge in [-0.1, -0.05) is 111 Å². The molecule has 0 unspecified atom stereocenters. The van der Waals surface area contributed by atoms with E-state index < -0.39 is 0 Å². The molecule has 0 fully saturated rings. The van der Waals surface area contributed by atoms with Gasteiger partial charge in [0.05, 0.1) is 18.0 Å². The molecule has 0 aliphatic rings. The molecular weight excluding hydrogens is 416 g/mol. The minimum absolute atomic E-state index is 0. The van der Waals surface area contributed by atoms with Crippen LogP contribution in [0.3, 0.4) is 0 Å². The van der Waals surface area contributed by atoms with E-state index in [0.29, 0.717) is 0 Å². The van der Waals surface area contributed by atoms with Crippen LogP contribution in [0.2, 0.25) is 0 Å². The summed E-state index contributed by atoms with van der Waals surface area (Å²) >= 11 is 0. The van der Waals surface area contributed by atoms with Crippen molar-refractivity contribution in [2.45, 2.75) is 27.5 Å². The van der Waals surface area contributed by atoms with Crippen LogP contribution in [0.5, 0.6) is 0 Å². The zero-order valence-corrected chi connectivity index (χ0v) is 18.6. The molecule has 1 N–H and O–H groups in total. The average Bonchev–Trinajstić information content (AvgIpc) is 3.29. The predicted octanol–water partition coefficient (Wildman–Crippen LogP) is 7.70. The van der Waals surface area contributed by atoms with Crippen LogP contribution in [0.1, 0.15) is 19.9 Å². The van der Waals surface area contributed by atoms with E-state index in [0.717, 1.165) is 57.1 Å². The monoisotopic (exact) mass is 446 g/mol. The summed E-state index contributed by atoms with van der Waals surface area (Å²) in [5.41, 5.74) is 8.51. The molecule has 0 saturated carbocycles. The molecule has 3 nitrogen and oxygen atoms in total. The van der Waals surface area contributed by atoms with Crippen LogP contribution in [-0.2, 0) is 13.2 Å².